The molecule has 0 saturated carbocycles. The Morgan fingerprint density at radius 2 is 1.48 bits per heavy atom. The Labute approximate surface area is 196 Å². The predicted molar refractivity (Wildman–Crippen MR) is 128 cm³/mol. The van der Waals surface area contributed by atoms with Crippen molar-refractivity contribution in [3.05, 3.63) is 71.3 Å². The molecule has 0 spiro atoms. The molecule has 0 aliphatic carbocycles. The molecule has 0 N–H and O–H groups in total. The molecule has 6 nitrogen and oxygen atoms in total. The molecule has 0 bridgehead atoms. The maximum atomic E-state index is 13.1. The lowest BCUT2D eigenvalue weighted by Crippen LogP contribution is -2.52. The Balaban J connectivity index is 1.30. The quantitative estimate of drug-likeness (QED) is 0.723. The van der Waals surface area contributed by atoms with E-state index in [0.717, 1.165) is 5.56 Å². The van der Waals surface area contributed by atoms with E-state index in [9.17, 15) is 14.4 Å². The molecule has 0 radical (unpaired) electrons. The van der Waals surface area contributed by atoms with Crippen LogP contribution in [0.4, 0.5) is 0 Å². The van der Waals surface area contributed by atoms with Crippen molar-refractivity contribution in [3.8, 4) is 0 Å². The van der Waals surface area contributed by atoms with E-state index < -0.39 is 0 Å². The Hall–Kier alpha value is -3.15. The van der Waals surface area contributed by atoms with E-state index in [4.69, 9.17) is 0 Å². The first-order valence-electron chi connectivity index (χ1n) is 11.7. The average Bonchev–Trinajstić information content (AvgIpc) is 3.18. The Bertz CT molecular complexity index is 1000. The van der Waals surface area contributed by atoms with E-state index in [-0.39, 0.29) is 35.5 Å². The first-order valence-corrected chi connectivity index (χ1v) is 11.7. The largest absolute Gasteiger partial charge is 0.339 e. The first kappa shape index (κ1) is 23.0. The summed E-state index contributed by atoms with van der Waals surface area (Å²) in [7, 11) is 0. The van der Waals surface area contributed by atoms with Gasteiger partial charge in [-0.1, -0.05) is 63.2 Å². The van der Waals surface area contributed by atoms with Crippen LogP contribution in [0.25, 0.3) is 0 Å². The molecule has 174 valence electrons. The molecule has 2 heterocycles. The van der Waals surface area contributed by atoms with Gasteiger partial charge in [-0.3, -0.25) is 14.4 Å². The van der Waals surface area contributed by atoms with Crippen LogP contribution >= 0.6 is 0 Å². The fraction of sp³-hybridized carbons (Fsp3) is 0.444. The minimum absolute atomic E-state index is 0.00707. The number of piperazine rings is 1. The number of benzene rings is 2. The standard InChI is InChI=1S/C27H33N3O3/c1-27(2,3)23-11-9-21(10-12-23)25(32)28-13-15-29(16-14-28)26(33)22-17-24(31)30(19-22)18-20-7-5-4-6-8-20/h4-12,22H,13-19H2,1-3H3. The van der Waals surface area contributed by atoms with Crippen molar-refractivity contribution in [2.24, 2.45) is 5.92 Å². The number of rotatable bonds is 4. The molecule has 2 aliphatic rings. The SMILES string of the molecule is CC(C)(C)c1ccc(C(=O)N2CCN(C(=O)C3CC(=O)N(Cc4ccccc4)C3)CC2)cc1. The lowest BCUT2D eigenvalue weighted by atomic mass is 9.86. The van der Waals surface area contributed by atoms with Crippen molar-refractivity contribution in [3.63, 3.8) is 0 Å². The van der Waals surface area contributed by atoms with Crippen LogP contribution < -0.4 is 0 Å². The number of carbonyl (C=O) groups excluding carboxylic acids is 3. The highest BCUT2D eigenvalue weighted by Gasteiger charge is 2.37. The summed E-state index contributed by atoms with van der Waals surface area (Å²) < 4.78 is 0. The van der Waals surface area contributed by atoms with E-state index >= 15 is 0 Å². The molecule has 33 heavy (non-hydrogen) atoms. The van der Waals surface area contributed by atoms with Gasteiger partial charge in [-0.2, -0.15) is 0 Å². The maximum Gasteiger partial charge on any atom is 0.253 e. The van der Waals surface area contributed by atoms with Gasteiger partial charge in [0.2, 0.25) is 11.8 Å². The van der Waals surface area contributed by atoms with E-state index in [2.05, 4.69) is 20.8 Å². The van der Waals surface area contributed by atoms with Gasteiger partial charge in [0.1, 0.15) is 0 Å². The molecule has 0 aromatic heterocycles. The van der Waals surface area contributed by atoms with Gasteiger partial charge in [-0.05, 0) is 28.7 Å². The summed E-state index contributed by atoms with van der Waals surface area (Å²) in [5, 5.41) is 0. The van der Waals surface area contributed by atoms with Crippen molar-refractivity contribution >= 4 is 17.7 Å². The molecular weight excluding hydrogens is 414 g/mol. The number of amides is 3. The normalized spacial score (nSPS) is 19.2. The second-order valence-corrected chi connectivity index (χ2v) is 10.1. The number of likely N-dealkylation sites (tertiary alicyclic amines) is 1. The van der Waals surface area contributed by atoms with Gasteiger partial charge in [0.15, 0.2) is 0 Å². The second kappa shape index (κ2) is 9.38. The third kappa shape index (κ3) is 5.27. The minimum Gasteiger partial charge on any atom is -0.339 e. The Kier molecular flexibility index (Phi) is 6.54. The molecule has 1 atom stereocenters. The zero-order chi connectivity index (χ0) is 23.6. The third-order valence-electron chi connectivity index (χ3n) is 6.66. The molecule has 3 amide bonds. The highest BCUT2D eigenvalue weighted by Crippen LogP contribution is 2.24. The van der Waals surface area contributed by atoms with E-state index in [1.807, 2.05) is 64.4 Å². The molecular formula is C27H33N3O3. The zero-order valence-corrected chi connectivity index (χ0v) is 19.8. The molecule has 2 saturated heterocycles. The highest BCUT2D eigenvalue weighted by atomic mass is 16.2. The number of hydrogen-bond donors (Lipinski definition) is 0. The van der Waals surface area contributed by atoms with Crippen LogP contribution in [0.3, 0.4) is 0 Å². The average molecular weight is 448 g/mol. The van der Waals surface area contributed by atoms with Crippen molar-refractivity contribution in [1.82, 2.24) is 14.7 Å². The summed E-state index contributed by atoms with van der Waals surface area (Å²) in [5.74, 6) is -0.230. The first-order chi connectivity index (χ1) is 15.7. The Morgan fingerprint density at radius 1 is 0.879 bits per heavy atom. The van der Waals surface area contributed by atoms with Crippen molar-refractivity contribution in [2.45, 2.75) is 39.2 Å². The van der Waals surface area contributed by atoms with E-state index in [1.165, 1.54) is 5.56 Å². The fourth-order valence-corrected chi connectivity index (χ4v) is 4.58. The summed E-state index contributed by atoms with van der Waals surface area (Å²) in [6.45, 7) is 9.50. The molecule has 2 aromatic carbocycles. The van der Waals surface area contributed by atoms with Crippen LogP contribution in [-0.4, -0.2) is 65.1 Å². The molecule has 2 fully saturated rings. The summed E-state index contributed by atoms with van der Waals surface area (Å²) in [5.41, 5.74) is 3.00. The van der Waals surface area contributed by atoms with Gasteiger partial charge in [0.25, 0.3) is 5.91 Å². The zero-order valence-electron chi connectivity index (χ0n) is 19.8. The van der Waals surface area contributed by atoms with Gasteiger partial charge < -0.3 is 14.7 Å². The van der Waals surface area contributed by atoms with Gasteiger partial charge in [0, 0.05) is 51.3 Å². The third-order valence-corrected chi connectivity index (χ3v) is 6.66. The second-order valence-electron chi connectivity index (χ2n) is 10.1. The van der Waals surface area contributed by atoms with E-state index in [1.54, 1.807) is 4.90 Å². The molecule has 6 heteroatoms. The van der Waals surface area contributed by atoms with Gasteiger partial charge in [-0.25, -0.2) is 0 Å². The monoisotopic (exact) mass is 447 g/mol. The highest BCUT2D eigenvalue weighted by molar-refractivity contribution is 5.94. The van der Waals surface area contributed by atoms with Gasteiger partial charge >= 0.3 is 0 Å². The topological polar surface area (TPSA) is 60.9 Å². The molecule has 2 aromatic rings. The summed E-state index contributed by atoms with van der Waals surface area (Å²) in [6, 6.07) is 17.7. The van der Waals surface area contributed by atoms with Gasteiger partial charge in [0.05, 0.1) is 5.92 Å². The predicted octanol–water partition coefficient (Wildman–Crippen LogP) is 3.32. The van der Waals surface area contributed by atoms with Crippen molar-refractivity contribution < 1.29 is 14.4 Å². The van der Waals surface area contributed by atoms with Gasteiger partial charge in [-0.15, -0.1) is 0 Å². The Morgan fingerprint density at radius 3 is 2.09 bits per heavy atom. The van der Waals surface area contributed by atoms with Crippen LogP contribution in [0, 0.1) is 5.92 Å². The van der Waals surface area contributed by atoms with Crippen LogP contribution in [0.5, 0.6) is 0 Å². The number of carbonyl (C=O) groups is 3. The summed E-state index contributed by atoms with van der Waals surface area (Å²) >= 11 is 0. The molecule has 4 rings (SSSR count). The molecule has 2 aliphatic heterocycles. The van der Waals surface area contributed by atoms with Crippen molar-refractivity contribution in [1.29, 1.82) is 0 Å². The maximum absolute atomic E-state index is 13.1. The lowest BCUT2D eigenvalue weighted by molar-refractivity contribution is -0.137. The summed E-state index contributed by atoms with van der Waals surface area (Å²) in [4.78, 5) is 43.9. The smallest absolute Gasteiger partial charge is 0.253 e. The van der Waals surface area contributed by atoms with Crippen LogP contribution in [-0.2, 0) is 21.5 Å². The summed E-state index contributed by atoms with van der Waals surface area (Å²) in [6.07, 6.45) is 0.269. The lowest BCUT2D eigenvalue weighted by Gasteiger charge is -2.36. The van der Waals surface area contributed by atoms with Crippen LogP contribution in [0.15, 0.2) is 54.6 Å². The number of nitrogens with zero attached hydrogens (tertiary/aromatic N) is 3. The molecule has 1 unspecified atom stereocenters. The van der Waals surface area contributed by atoms with Crippen LogP contribution in [0.2, 0.25) is 0 Å². The fourth-order valence-electron chi connectivity index (χ4n) is 4.58. The number of hydrogen-bond acceptors (Lipinski definition) is 3. The van der Waals surface area contributed by atoms with Crippen molar-refractivity contribution in [2.75, 3.05) is 32.7 Å². The minimum atomic E-state index is -0.298. The van der Waals surface area contributed by atoms with Crippen LogP contribution in [0.1, 0.15) is 48.7 Å². The van der Waals surface area contributed by atoms with E-state index in [0.29, 0.717) is 44.8 Å².